The molecule has 1 amide bonds. The molecule has 0 saturated heterocycles. The Morgan fingerprint density at radius 3 is 2.05 bits per heavy atom. The third-order valence-electron chi connectivity index (χ3n) is 3.21. The molecule has 6 nitrogen and oxygen atoms in total. The van der Waals surface area contributed by atoms with Gasteiger partial charge in [0, 0.05) is 32.8 Å². The summed E-state index contributed by atoms with van der Waals surface area (Å²) in [7, 11) is 8.23. The van der Waals surface area contributed by atoms with E-state index in [2.05, 4.69) is 5.32 Å². The van der Waals surface area contributed by atoms with Crippen LogP contribution >= 0.6 is 0 Å². The number of amides is 1. The lowest BCUT2D eigenvalue weighted by molar-refractivity contribution is -0.130. The molecule has 0 fully saturated rings. The van der Waals surface area contributed by atoms with E-state index in [-0.39, 0.29) is 11.9 Å². The first-order chi connectivity index (χ1) is 9.94. The van der Waals surface area contributed by atoms with Gasteiger partial charge in [-0.1, -0.05) is 0 Å². The van der Waals surface area contributed by atoms with Gasteiger partial charge in [0.25, 0.3) is 0 Å². The van der Waals surface area contributed by atoms with Crippen LogP contribution < -0.4 is 19.5 Å². The van der Waals surface area contributed by atoms with Crippen molar-refractivity contribution in [1.82, 2.24) is 10.2 Å². The Balaban J connectivity index is 2.94. The van der Waals surface area contributed by atoms with Crippen LogP contribution in [0.3, 0.4) is 0 Å². The van der Waals surface area contributed by atoms with E-state index >= 15 is 0 Å². The smallest absolute Gasteiger partial charge is 0.238 e. The first-order valence-electron chi connectivity index (χ1n) is 6.68. The Bertz CT molecular complexity index is 464. The van der Waals surface area contributed by atoms with Crippen LogP contribution in [0.15, 0.2) is 12.1 Å². The van der Waals surface area contributed by atoms with E-state index in [1.165, 1.54) is 0 Å². The van der Waals surface area contributed by atoms with Crippen LogP contribution in [-0.2, 0) is 11.3 Å². The Kier molecular flexibility index (Phi) is 6.30. The zero-order valence-electron chi connectivity index (χ0n) is 13.5. The average molecular weight is 296 g/mol. The number of hydrogen-bond acceptors (Lipinski definition) is 5. The van der Waals surface area contributed by atoms with Crippen LogP contribution in [-0.4, -0.2) is 52.3 Å². The van der Waals surface area contributed by atoms with E-state index < -0.39 is 0 Å². The molecule has 6 heteroatoms. The minimum atomic E-state index is -0.295. The lowest BCUT2D eigenvalue weighted by Crippen LogP contribution is -2.41. The predicted octanol–water partition coefficient (Wildman–Crippen LogP) is 1.28. The van der Waals surface area contributed by atoms with Gasteiger partial charge in [-0.2, -0.15) is 0 Å². The molecule has 1 N–H and O–H groups in total. The molecule has 0 heterocycles. The fourth-order valence-corrected chi connectivity index (χ4v) is 1.98. The third kappa shape index (κ3) is 4.26. The summed E-state index contributed by atoms with van der Waals surface area (Å²) >= 11 is 0. The normalized spacial score (nSPS) is 11.7. The number of methoxy groups -OCH3 is 3. The van der Waals surface area contributed by atoms with Gasteiger partial charge in [-0.15, -0.1) is 0 Å². The maximum atomic E-state index is 11.9. The van der Waals surface area contributed by atoms with Crippen molar-refractivity contribution in [3.8, 4) is 17.2 Å². The first kappa shape index (κ1) is 17.1. The van der Waals surface area contributed by atoms with Crippen molar-refractivity contribution in [1.29, 1.82) is 0 Å². The number of rotatable bonds is 7. The van der Waals surface area contributed by atoms with E-state index in [4.69, 9.17) is 14.2 Å². The molecule has 1 rings (SSSR count). The van der Waals surface area contributed by atoms with Crippen LogP contribution in [0.4, 0.5) is 0 Å². The van der Waals surface area contributed by atoms with Gasteiger partial charge in [0.05, 0.1) is 32.9 Å². The average Bonchev–Trinajstić information content (AvgIpc) is 2.50. The van der Waals surface area contributed by atoms with Gasteiger partial charge in [0.15, 0.2) is 0 Å². The molecule has 0 bridgehead atoms. The van der Waals surface area contributed by atoms with E-state index in [0.29, 0.717) is 23.8 Å². The van der Waals surface area contributed by atoms with Crippen LogP contribution in [0.2, 0.25) is 0 Å². The van der Waals surface area contributed by atoms with Crippen molar-refractivity contribution in [2.45, 2.75) is 19.5 Å². The summed E-state index contributed by atoms with van der Waals surface area (Å²) in [6, 6.07) is 3.28. The number of carbonyl (C=O) groups excluding carboxylic acids is 1. The number of ether oxygens (including phenoxy) is 3. The van der Waals surface area contributed by atoms with E-state index in [1.54, 1.807) is 52.5 Å². The molecule has 0 aliphatic rings. The van der Waals surface area contributed by atoms with Crippen LogP contribution in [0.1, 0.15) is 12.5 Å². The summed E-state index contributed by atoms with van der Waals surface area (Å²) in [4.78, 5) is 13.4. The van der Waals surface area contributed by atoms with Gasteiger partial charge >= 0.3 is 0 Å². The molecule has 0 saturated carbocycles. The number of nitrogens with zero attached hydrogens (tertiary/aromatic N) is 1. The Hall–Kier alpha value is -1.95. The van der Waals surface area contributed by atoms with E-state index in [9.17, 15) is 4.79 Å². The number of benzene rings is 1. The zero-order valence-corrected chi connectivity index (χ0v) is 13.5. The van der Waals surface area contributed by atoms with Crippen molar-refractivity contribution < 1.29 is 19.0 Å². The van der Waals surface area contributed by atoms with E-state index in [1.807, 2.05) is 6.92 Å². The SMILES string of the molecule is COc1cc(OC)c(CNC(C)C(=O)N(C)C)c(OC)c1. The Labute approximate surface area is 126 Å². The molecular weight excluding hydrogens is 272 g/mol. The zero-order chi connectivity index (χ0) is 16.0. The van der Waals surface area contributed by atoms with Crippen molar-refractivity contribution in [2.24, 2.45) is 0 Å². The minimum Gasteiger partial charge on any atom is -0.496 e. The highest BCUT2D eigenvalue weighted by Gasteiger charge is 2.18. The van der Waals surface area contributed by atoms with Crippen molar-refractivity contribution in [3.63, 3.8) is 0 Å². The summed E-state index contributed by atoms with van der Waals surface area (Å²) in [6.45, 7) is 2.28. The molecule has 1 aromatic carbocycles. The standard InChI is InChI=1S/C15H24N2O4/c1-10(15(18)17(2)3)16-9-12-13(20-5)7-11(19-4)8-14(12)21-6/h7-8,10,16H,9H2,1-6H3. The fraction of sp³-hybridized carbons (Fsp3) is 0.533. The molecule has 0 aliphatic carbocycles. The van der Waals surface area contributed by atoms with Gasteiger partial charge < -0.3 is 24.4 Å². The third-order valence-corrected chi connectivity index (χ3v) is 3.21. The highest BCUT2D eigenvalue weighted by Crippen LogP contribution is 2.33. The number of hydrogen-bond donors (Lipinski definition) is 1. The lowest BCUT2D eigenvalue weighted by Gasteiger charge is -2.20. The second kappa shape index (κ2) is 7.73. The molecular formula is C15H24N2O4. The summed E-state index contributed by atoms with van der Waals surface area (Å²) in [6.07, 6.45) is 0. The molecule has 1 unspecified atom stereocenters. The minimum absolute atomic E-state index is 0.0152. The summed E-state index contributed by atoms with van der Waals surface area (Å²) in [5.74, 6) is 1.98. The van der Waals surface area contributed by atoms with Crippen LogP contribution in [0.5, 0.6) is 17.2 Å². The maximum absolute atomic E-state index is 11.9. The van der Waals surface area contributed by atoms with E-state index in [0.717, 1.165) is 5.56 Å². The molecule has 1 aromatic rings. The highest BCUT2D eigenvalue weighted by molar-refractivity contribution is 5.80. The highest BCUT2D eigenvalue weighted by atomic mass is 16.5. The molecule has 0 radical (unpaired) electrons. The Morgan fingerprint density at radius 1 is 1.14 bits per heavy atom. The largest absolute Gasteiger partial charge is 0.496 e. The molecule has 0 aliphatic heterocycles. The summed E-state index contributed by atoms with van der Waals surface area (Å²) < 4.78 is 16.0. The van der Waals surface area contributed by atoms with Crippen LogP contribution in [0, 0.1) is 0 Å². The lowest BCUT2D eigenvalue weighted by atomic mass is 10.1. The second-order valence-corrected chi connectivity index (χ2v) is 4.85. The molecule has 1 atom stereocenters. The molecule has 0 aromatic heterocycles. The number of likely N-dealkylation sites (N-methyl/N-ethyl adjacent to an activating group) is 1. The second-order valence-electron chi connectivity index (χ2n) is 4.85. The molecule has 0 spiro atoms. The first-order valence-corrected chi connectivity index (χ1v) is 6.68. The monoisotopic (exact) mass is 296 g/mol. The van der Waals surface area contributed by atoms with Gasteiger partial charge in [0.1, 0.15) is 17.2 Å². The van der Waals surface area contributed by atoms with Gasteiger partial charge in [-0.05, 0) is 6.92 Å². The van der Waals surface area contributed by atoms with Crippen molar-refractivity contribution in [2.75, 3.05) is 35.4 Å². The summed E-state index contributed by atoms with van der Waals surface area (Å²) in [5, 5.41) is 3.17. The maximum Gasteiger partial charge on any atom is 0.238 e. The van der Waals surface area contributed by atoms with Crippen molar-refractivity contribution >= 4 is 5.91 Å². The molecule has 21 heavy (non-hydrogen) atoms. The van der Waals surface area contributed by atoms with Crippen molar-refractivity contribution in [3.05, 3.63) is 17.7 Å². The summed E-state index contributed by atoms with van der Waals surface area (Å²) in [5.41, 5.74) is 0.846. The van der Waals surface area contributed by atoms with Gasteiger partial charge in [-0.3, -0.25) is 4.79 Å². The topological polar surface area (TPSA) is 60.0 Å². The number of carbonyl (C=O) groups is 1. The van der Waals surface area contributed by atoms with Crippen LogP contribution in [0.25, 0.3) is 0 Å². The predicted molar refractivity (Wildman–Crippen MR) is 81.1 cm³/mol. The van der Waals surface area contributed by atoms with Gasteiger partial charge in [-0.25, -0.2) is 0 Å². The number of nitrogens with one attached hydrogen (secondary N) is 1. The fourth-order valence-electron chi connectivity index (χ4n) is 1.98. The van der Waals surface area contributed by atoms with Gasteiger partial charge in [0.2, 0.25) is 5.91 Å². The quantitative estimate of drug-likeness (QED) is 0.821. The Morgan fingerprint density at radius 2 is 1.67 bits per heavy atom. The molecule has 118 valence electrons.